The Bertz CT molecular complexity index is 109. The van der Waals surface area contributed by atoms with Crippen molar-refractivity contribution in [2.24, 2.45) is 0 Å². The number of ether oxygens (including phenoxy) is 1. The van der Waals surface area contributed by atoms with Crippen molar-refractivity contribution in [3.8, 4) is 0 Å². The van der Waals surface area contributed by atoms with Crippen LogP contribution >= 0.6 is 0 Å². The van der Waals surface area contributed by atoms with E-state index in [-0.39, 0.29) is 0 Å². The van der Waals surface area contributed by atoms with Crippen LogP contribution in [0.3, 0.4) is 0 Å². The molecule has 1 aliphatic rings. The lowest BCUT2D eigenvalue weighted by Gasteiger charge is -2.14. The maximum Gasteiger partial charge on any atom is 0.0480 e. The van der Waals surface area contributed by atoms with Gasteiger partial charge in [0.2, 0.25) is 0 Å². The first-order valence-corrected chi connectivity index (χ1v) is 5.74. The van der Waals surface area contributed by atoms with Gasteiger partial charge >= 0.3 is 0 Å². The van der Waals surface area contributed by atoms with Crippen LogP contribution in [0, 0.1) is 0 Å². The molecule has 0 bridgehead atoms. The quantitative estimate of drug-likeness (QED) is 0.664. The standard InChI is InChI=1S/C11H23NO/c1-2-3-4-8-12-11-6-5-9-13-10-7-11/h11-12H,2-10H2,1H3. The Kier molecular flexibility index (Phi) is 6.21. The maximum absolute atomic E-state index is 5.41. The highest BCUT2D eigenvalue weighted by Gasteiger charge is 2.10. The van der Waals surface area contributed by atoms with E-state index < -0.39 is 0 Å². The molecule has 1 unspecified atom stereocenters. The van der Waals surface area contributed by atoms with Crippen LogP contribution in [0.4, 0.5) is 0 Å². The summed E-state index contributed by atoms with van der Waals surface area (Å²) in [6.07, 6.45) is 7.73. The number of hydrogen-bond donors (Lipinski definition) is 1. The van der Waals surface area contributed by atoms with Gasteiger partial charge in [-0.15, -0.1) is 0 Å². The summed E-state index contributed by atoms with van der Waals surface area (Å²) in [5, 5.41) is 3.62. The Hall–Kier alpha value is -0.0800. The lowest BCUT2D eigenvalue weighted by atomic mass is 10.1. The Morgan fingerprint density at radius 3 is 3.00 bits per heavy atom. The fraction of sp³-hybridized carbons (Fsp3) is 1.00. The van der Waals surface area contributed by atoms with Gasteiger partial charge in [0.05, 0.1) is 0 Å². The molecule has 1 atom stereocenters. The number of nitrogens with one attached hydrogen (secondary N) is 1. The lowest BCUT2D eigenvalue weighted by Crippen LogP contribution is -2.30. The number of unbranched alkanes of at least 4 members (excludes halogenated alkanes) is 2. The SMILES string of the molecule is CCCCCNC1CCCOCC1. The van der Waals surface area contributed by atoms with Crippen molar-refractivity contribution in [1.82, 2.24) is 5.32 Å². The first-order valence-electron chi connectivity index (χ1n) is 5.74. The topological polar surface area (TPSA) is 21.3 Å². The maximum atomic E-state index is 5.41. The lowest BCUT2D eigenvalue weighted by molar-refractivity contribution is 0.142. The summed E-state index contributed by atoms with van der Waals surface area (Å²) < 4.78 is 5.41. The van der Waals surface area contributed by atoms with E-state index in [4.69, 9.17) is 4.74 Å². The average Bonchev–Trinajstić information content (AvgIpc) is 2.41. The largest absolute Gasteiger partial charge is 0.381 e. The van der Waals surface area contributed by atoms with Gasteiger partial charge in [-0.05, 0) is 32.2 Å². The third-order valence-electron chi connectivity index (χ3n) is 2.67. The van der Waals surface area contributed by atoms with E-state index in [1.165, 1.54) is 45.1 Å². The highest BCUT2D eigenvalue weighted by Crippen LogP contribution is 2.08. The van der Waals surface area contributed by atoms with Crippen LogP contribution in [0.1, 0.15) is 45.4 Å². The van der Waals surface area contributed by atoms with Crippen LogP contribution < -0.4 is 5.32 Å². The molecule has 0 amide bonds. The van der Waals surface area contributed by atoms with E-state index in [1.807, 2.05) is 0 Å². The van der Waals surface area contributed by atoms with Crippen LogP contribution in [0.5, 0.6) is 0 Å². The molecule has 0 aromatic carbocycles. The predicted molar refractivity (Wildman–Crippen MR) is 56.0 cm³/mol. The molecule has 0 aromatic rings. The van der Waals surface area contributed by atoms with Gasteiger partial charge in [0.25, 0.3) is 0 Å². The van der Waals surface area contributed by atoms with Crippen LogP contribution in [0.2, 0.25) is 0 Å². The smallest absolute Gasteiger partial charge is 0.0480 e. The van der Waals surface area contributed by atoms with E-state index in [0.29, 0.717) is 0 Å². The third kappa shape index (κ3) is 5.27. The highest BCUT2D eigenvalue weighted by atomic mass is 16.5. The van der Waals surface area contributed by atoms with Crippen LogP contribution in [0.15, 0.2) is 0 Å². The molecule has 0 spiro atoms. The summed E-state index contributed by atoms with van der Waals surface area (Å²) >= 11 is 0. The zero-order chi connectivity index (χ0) is 9.36. The van der Waals surface area contributed by atoms with Crippen molar-refractivity contribution in [2.75, 3.05) is 19.8 Å². The molecule has 1 N–H and O–H groups in total. The van der Waals surface area contributed by atoms with Crippen LogP contribution in [0.25, 0.3) is 0 Å². The van der Waals surface area contributed by atoms with Crippen molar-refractivity contribution < 1.29 is 4.74 Å². The van der Waals surface area contributed by atoms with Gasteiger partial charge in [-0.1, -0.05) is 19.8 Å². The average molecular weight is 185 g/mol. The Balaban J connectivity index is 1.98. The Morgan fingerprint density at radius 2 is 2.15 bits per heavy atom. The van der Waals surface area contributed by atoms with Crippen molar-refractivity contribution in [3.05, 3.63) is 0 Å². The predicted octanol–water partition coefficient (Wildman–Crippen LogP) is 2.34. The molecule has 0 aliphatic carbocycles. The van der Waals surface area contributed by atoms with Gasteiger partial charge in [-0.25, -0.2) is 0 Å². The van der Waals surface area contributed by atoms with Gasteiger partial charge in [0.15, 0.2) is 0 Å². The number of hydrogen-bond acceptors (Lipinski definition) is 2. The van der Waals surface area contributed by atoms with Gasteiger partial charge in [0.1, 0.15) is 0 Å². The van der Waals surface area contributed by atoms with Crippen LogP contribution in [-0.4, -0.2) is 25.8 Å². The molecule has 0 radical (unpaired) electrons. The molecular weight excluding hydrogens is 162 g/mol. The Morgan fingerprint density at radius 1 is 1.23 bits per heavy atom. The van der Waals surface area contributed by atoms with E-state index in [1.54, 1.807) is 0 Å². The summed E-state index contributed by atoms with van der Waals surface area (Å²) in [6.45, 7) is 5.36. The molecule has 0 aromatic heterocycles. The summed E-state index contributed by atoms with van der Waals surface area (Å²) in [4.78, 5) is 0. The van der Waals surface area contributed by atoms with E-state index in [2.05, 4.69) is 12.2 Å². The second-order valence-corrected chi connectivity index (χ2v) is 3.90. The fourth-order valence-electron chi connectivity index (χ4n) is 1.79. The monoisotopic (exact) mass is 185 g/mol. The molecule has 1 saturated heterocycles. The third-order valence-corrected chi connectivity index (χ3v) is 2.67. The number of rotatable bonds is 5. The summed E-state index contributed by atoms with van der Waals surface area (Å²) in [5.74, 6) is 0. The second kappa shape index (κ2) is 7.34. The zero-order valence-corrected chi connectivity index (χ0v) is 8.85. The summed E-state index contributed by atoms with van der Waals surface area (Å²) in [6, 6.07) is 0.722. The minimum Gasteiger partial charge on any atom is -0.381 e. The van der Waals surface area contributed by atoms with Crippen molar-refractivity contribution >= 4 is 0 Å². The molecule has 13 heavy (non-hydrogen) atoms. The molecular formula is C11H23NO. The summed E-state index contributed by atoms with van der Waals surface area (Å²) in [7, 11) is 0. The molecule has 2 nitrogen and oxygen atoms in total. The minimum absolute atomic E-state index is 0.722. The molecule has 78 valence electrons. The van der Waals surface area contributed by atoms with Crippen molar-refractivity contribution in [1.29, 1.82) is 0 Å². The van der Waals surface area contributed by atoms with Crippen molar-refractivity contribution in [3.63, 3.8) is 0 Å². The molecule has 1 heterocycles. The zero-order valence-electron chi connectivity index (χ0n) is 8.85. The highest BCUT2D eigenvalue weighted by molar-refractivity contribution is 4.68. The Labute approximate surface area is 82.0 Å². The molecule has 0 saturated carbocycles. The van der Waals surface area contributed by atoms with Crippen LogP contribution in [-0.2, 0) is 4.74 Å². The van der Waals surface area contributed by atoms with E-state index in [9.17, 15) is 0 Å². The molecule has 1 rings (SSSR count). The van der Waals surface area contributed by atoms with Crippen molar-refractivity contribution in [2.45, 2.75) is 51.5 Å². The molecule has 1 aliphatic heterocycles. The fourth-order valence-corrected chi connectivity index (χ4v) is 1.79. The van der Waals surface area contributed by atoms with Gasteiger partial charge in [0, 0.05) is 19.3 Å². The molecule has 1 fully saturated rings. The second-order valence-electron chi connectivity index (χ2n) is 3.90. The van der Waals surface area contributed by atoms with Gasteiger partial charge < -0.3 is 10.1 Å². The first kappa shape index (κ1) is 11.0. The molecule has 2 heteroatoms. The van der Waals surface area contributed by atoms with Gasteiger partial charge in [-0.3, -0.25) is 0 Å². The minimum atomic E-state index is 0.722. The van der Waals surface area contributed by atoms with Gasteiger partial charge in [-0.2, -0.15) is 0 Å². The van der Waals surface area contributed by atoms with E-state index in [0.717, 1.165) is 19.3 Å². The van der Waals surface area contributed by atoms with E-state index >= 15 is 0 Å². The summed E-state index contributed by atoms with van der Waals surface area (Å²) in [5.41, 5.74) is 0. The first-order chi connectivity index (χ1) is 6.43. The normalized spacial score (nSPS) is 24.2.